The van der Waals surface area contributed by atoms with E-state index < -0.39 is 0 Å². The Morgan fingerprint density at radius 2 is 1.71 bits per heavy atom. The predicted molar refractivity (Wildman–Crippen MR) is 107 cm³/mol. The van der Waals surface area contributed by atoms with E-state index in [4.69, 9.17) is 4.52 Å². The molecule has 140 valence electrons. The van der Waals surface area contributed by atoms with Crippen LogP contribution in [0.15, 0.2) is 71.5 Å². The number of hydrogen-bond donors (Lipinski definition) is 1. The maximum atomic E-state index is 12.4. The highest BCUT2D eigenvalue weighted by molar-refractivity contribution is 6.03. The van der Waals surface area contributed by atoms with Crippen LogP contribution in [0.4, 0.5) is 5.69 Å². The zero-order valence-corrected chi connectivity index (χ0v) is 15.7. The second-order valence-corrected chi connectivity index (χ2v) is 6.81. The third-order valence-electron chi connectivity index (χ3n) is 4.44. The molecule has 0 aliphatic carbocycles. The molecule has 0 radical (unpaired) electrons. The molecule has 0 unspecified atom stereocenters. The molecule has 4 aromatic rings. The van der Waals surface area contributed by atoms with Crippen LogP contribution in [0.5, 0.6) is 0 Å². The Morgan fingerprint density at radius 1 is 1.04 bits per heavy atom. The smallest absolute Gasteiger partial charge is 0.277 e. The molecule has 0 fully saturated rings. The van der Waals surface area contributed by atoms with Crippen molar-refractivity contribution in [1.29, 1.82) is 0 Å². The Kier molecular flexibility index (Phi) is 4.76. The maximum absolute atomic E-state index is 12.4. The first-order valence-electron chi connectivity index (χ1n) is 9.00. The van der Waals surface area contributed by atoms with Crippen molar-refractivity contribution >= 4 is 11.6 Å². The van der Waals surface area contributed by atoms with Crippen molar-refractivity contribution in [2.45, 2.75) is 20.4 Å². The molecule has 2 heterocycles. The van der Waals surface area contributed by atoms with Gasteiger partial charge in [-0.15, -0.1) is 0 Å². The molecule has 1 N–H and O–H groups in total. The minimum Gasteiger partial charge on any atom is -0.355 e. The molecule has 0 bridgehead atoms. The zero-order valence-electron chi connectivity index (χ0n) is 15.7. The fourth-order valence-corrected chi connectivity index (χ4v) is 2.83. The van der Waals surface area contributed by atoms with Gasteiger partial charge in [0.1, 0.15) is 0 Å². The van der Waals surface area contributed by atoms with E-state index in [2.05, 4.69) is 46.8 Å². The average molecular weight is 372 g/mol. The van der Waals surface area contributed by atoms with Crippen molar-refractivity contribution in [1.82, 2.24) is 14.9 Å². The topological polar surface area (TPSA) is 73.0 Å². The monoisotopic (exact) mass is 372 g/mol. The van der Waals surface area contributed by atoms with Crippen molar-refractivity contribution in [2.24, 2.45) is 0 Å². The molecule has 28 heavy (non-hydrogen) atoms. The van der Waals surface area contributed by atoms with Crippen LogP contribution in [0.1, 0.15) is 27.2 Å². The number of rotatable bonds is 5. The van der Waals surface area contributed by atoms with E-state index in [1.54, 1.807) is 23.1 Å². The summed E-state index contributed by atoms with van der Waals surface area (Å²) in [5.74, 6) is 0.220. The Morgan fingerprint density at radius 3 is 2.43 bits per heavy atom. The molecule has 0 aliphatic heterocycles. The number of carbonyl (C=O) groups excluding carboxylic acids is 1. The Balaban J connectivity index is 1.42. The van der Waals surface area contributed by atoms with Crippen LogP contribution in [0.3, 0.4) is 0 Å². The minimum atomic E-state index is -0.336. The summed E-state index contributed by atoms with van der Waals surface area (Å²) in [5.41, 5.74) is 5.23. The summed E-state index contributed by atoms with van der Waals surface area (Å²) in [5, 5.41) is 11.0. The normalized spacial score (nSPS) is 10.8. The number of nitrogens with zero attached hydrogens (tertiary/aromatic N) is 3. The van der Waals surface area contributed by atoms with Crippen molar-refractivity contribution < 1.29 is 9.32 Å². The number of benzene rings is 2. The van der Waals surface area contributed by atoms with Gasteiger partial charge in [-0.05, 0) is 19.4 Å². The summed E-state index contributed by atoms with van der Waals surface area (Å²) < 4.78 is 7.09. The van der Waals surface area contributed by atoms with Gasteiger partial charge in [0.25, 0.3) is 5.91 Å². The van der Waals surface area contributed by atoms with Crippen molar-refractivity contribution in [3.05, 3.63) is 89.4 Å². The van der Waals surface area contributed by atoms with Crippen molar-refractivity contribution in [3.8, 4) is 11.3 Å². The lowest BCUT2D eigenvalue weighted by Crippen LogP contribution is -2.11. The highest BCUT2D eigenvalue weighted by atomic mass is 16.5. The van der Waals surface area contributed by atoms with E-state index in [1.807, 2.05) is 31.2 Å². The van der Waals surface area contributed by atoms with Crippen LogP contribution >= 0.6 is 0 Å². The summed E-state index contributed by atoms with van der Waals surface area (Å²) in [7, 11) is 0. The molecule has 0 spiro atoms. The molecule has 0 saturated carbocycles. The number of anilines is 1. The molecule has 2 aromatic heterocycles. The Labute approximate surface area is 162 Å². The number of nitrogens with one attached hydrogen (secondary N) is 1. The van der Waals surface area contributed by atoms with Crippen LogP contribution in [-0.2, 0) is 6.54 Å². The lowest BCUT2D eigenvalue weighted by atomic mass is 10.1. The third kappa shape index (κ3) is 4.01. The SMILES string of the molecule is Cc1ccc(Cn2cc(NC(=O)c3cc(-c4ccc(C)cc4)on3)cn2)cc1. The molecule has 6 heteroatoms. The van der Waals surface area contributed by atoms with E-state index in [9.17, 15) is 4.79 Å². The highest BCUT2D eigenvalue weighted by Crippen LogP contribution is 2.21. The Hall–Kier alpha value is -3.67. The quantitative estimate of drug-likeness (QED) is 0.561. The van der Waals surface area contributed by atoms with Gasteiger partial charge in [-0.2, -0.15) is 5.10 Å². The summed E-state index contributed by atoms with van der Waals surface area (Å²) in [6.07, 6.45) is 3.41. The second-order valence-electron chi connectivity index (χ2n) is 6.81. The van der Waals surface area contributed by atoms with E-state index in [-0.39, 0.29) is 11.6 Å². The lowest BCUT2D eigenvalue weighted by Gasteiger charge is -2.02. The third-order valence-corrected chi connectivity index (χ3v) is 4.44. The molecule has 0 saturated heterocycles. The van der Waals surface area contributed by atoms with E-state index in [1.165, 1.54) is 5.56 Å². The Bertz CT molecular complexity index is 1090. The van der Waals surface area contributed by atoms with Gasteiger partial charge in [-0.1, -0.05) is 64.8 Å². The van der Waals surface area contributed by atoms with Gasteiger partial charge in [0.05, 0.1) is 18.4 Å². The number of hydrogen-bond acceptors (Lipinski definition) is 4. The van der Waals surface area contributed by atoms with Crippen LogP contribution < -0.4 is 5.32 Å². The van der Waals surface area contributed by atoms with Gasteiger partial charge in [0.15, 0.2) is 11.5 Å². The highest BCUT2D eigenvalue weighted by Gasteiger charge is 2.14. The van der Waals surface area contributed by atoms with Crippen LogP contribution in [0.2, 0.25) is 0 Å². The minimum absolute atomic E-state index is 0.224. The molecule has 4 rings (SSSR count). The van der Waals surface area contributed by atoms with Crippen LogP contribution in [0.25, 0.3) is 11.3 Å². The standard InChI is InChI=1S/C22H20N4O2/c1-15-3-7-17(8-4-15)13-26-14-19(12-23-26)24-22(27)20-11-21(28-25-20)18-9-5-16(2)6-10-18/h3-12,14H,13H2,1-2H3,(H,24,27). The molecular formula is C22H20N4O2. The molecular weight excluding hydrogens is 352 g/mol. The van der Waals surface area contributed by atoms with Crippen LogP contribution in [-0.4, -0.2) is 20.8 Å². The summed E-state index contributed by atoms with van der Waals surface area (Å²) in [6.45, 7) is 4.71. The van der Waals surface area contributed by atoms with Crippen LogP contribution in [0, 0.1) is 13.8 Å². The largest absolute Gasteiger partial charge is 0.355 e. The summed E-state index contributed by atoms with van der Waals surface area (Å²) in [6, 6.07) is 17.8. The molecule has 0 aliphatic rings. The van der Waals surface area contributed by atoms with Crippen molar-refractivity contribution in [3.63, 3.8) is 0 Å². The zero-order chi connectivity index (χ0) is 19.5. The van der Waals surface area contributed by atoms with Gasteiger partial charge in [0.2, 0.25) is 0 Å². The first-order chi connectivity index (χ1) is 13.6. The second kappa shape index (κ2) is 7.52. The number of amides is 1. The van der Waals surface area contributed by atoms with Gasteiger partial charge < -0.3 is 9.84 Å². The first kappa shape index (κ1) is 17.7. The molecule has 6 nitrogen and oxygen atoms in total. The van der Waals surface area contributed by atoms with Gasteiger partial charge in [-0.25, -0.2) is 0 Å². The molecule has 1 amide bonds. The van der Waals surface area contributed by atoms with E-state index in [0.29, 0.717) is 18.0 Å². The van der Waals surface area contributed by atoms with Gasteiger partial charge in [0, 0.05) is 17.8 Å². The van der Waals surface area contributed by atoms with Gasteiger partial charge in [-0.3, -0.25) is 9.48 Å². The summed E-state index contributed by atoms with van der Waals surface area (Å²) in [4.78, 5) is 12.4. The fraction of sp³-hybridized carbons (Fsp3) is 0.136. The average Bonchev–Trinajstić information content (AvgIpc) is 3.34. The number of aromatic nitrogens is 3. The van der Waals surface area contributed by atoms with E-state index in [0.717, 1.165) is 16.7 Å². The van der Waals surface area contributed by atoms with Crippen molar-refractivity contribution in [2.75, 3.05) is 5.32 Å². The van der Waals surface area contributed by atoms with E-state index >= 15 is 0 Å². The molecule has 2 aromatic carbocycles. The number of carbonyl (C=O) groups is 1. The number of aryl methyl sites for hydroxylation is 2. The predicted octanol–water partition coefficient (Wildman–Crippen LogP) is 4.46. The first-order valence-corrected chi connectivity index (χ1v) is 9.00. The maximum Gasteiger partial charge on any atom is 0.277 e. The van der Waals surface area contributed by atoms with Gasteiger partial charge >= 0.3 is 0 Å². The summed E-state index contributed by atoms with van der Waals surface area (Å²) >= 11 is 0. The lowest BCUT2D eigenvalue weighted by molar-refractivity contribution is 0.101. The molecule has 0 atom stereocenters. The fourth-order valence-electron chi connectivity index (χ4n) is 2.83.